The Morgan fingerprint density at radius 2 is 1.90 bits per heavy atom. The summed E-state index contributed by atoms with van der Waals surface area (Å²) < 4.78 is 5.65. The second-order valence-electron chi connectivity index (χ2n) is 4.31. The molecule has 1 N–H and O–H groups in total. The fraction of sp³-hybridized carbons (Fsp3) is 0.200. The molecule has 0 amide bonds. The van der Waals surface area contributed by atoms with E-state index in [1.165, 1.54) is 23.8 Å². The Morgan fingerprint density at radius 1 is 1.20 bits per heavy atom. The van der Waals surface area contributed by atoms with Gasteiger partial charge in [0.05, 0.1) is 11.5 Å². The first kappa shape index (κ1) is 14.0. The van der Waals surface area contributed by atoms with Crippen LogP contribution in [0.5, 0.6) is 11.5 Å². The summed E-state index contributed by atoms with van der Waals surface area (Å²) >= 11 is 0. The predicted octanol–water partition coefficient (Wildman–Crippen LogP) is 3.44. The van der Waals surface area contributed by atoms with E-state index in [9.17, 15) is 15.2 Å². The number of hydrogen-bond donors (Lipinski definition) is 1. The van der Waals surface area contributed by atoms with E-state index in [1.54, 1.807) is 0 Å². The maximum atomic E-state index is 10.7. The largest absolute Gasteiger partial charge is 0.457 e. The summed E-state index contributed by atoms with van der Waals surface area (Å²) in [5, 5.41) is 20.0. The van der Waals surface area contributed by atoms with E-state index >= 15 is 0 Å². The number of benzene rings is 2. The molecule has 2 aromatic rings. The van der Waals surface area contributed by atoms with Gasteiger partial charge >= 0.3 is 0 Å². The van der Waals surface area contributed by atoms with Crippen molar-refractivity contribution in [1.29, 1.82) is 0 Å². The van der Waals surface area contributed by atoms with Crippen molar-refractivity contribution >= 4 is 5.69 Å². The van der Waals surface area contributed by atoms with Gasteiger partial charge in [0, 0.05) is 17.7 Å². The zero-order valence-corrected chi connectivity index (χ0v) is 11.1. The summed E-state index contributed by atoms with van der Waals surface area (Å²) in [7, 11) is 0. The second-order valence-corrected chi connectivity index (χ2v) is 4.31. The summed E-state index contributed by atoms with van der Waals surface area (Å²) in [4.78, 5) is 10.2. The molecule has 0 saturated carbocycles. The highest BCUT2D eigenvalue weighted by molar-refractivity contribution is 5.45. The first-order valence-corrected chi connectivity index (χ1v) is 6.29. The van der Waals surface area contributed by atoms with Crippen LogP contribution in [0.15, 0.2) is 42.5 Å². The van der Waals surface area contributed by atoms with E-state index in [-0.39, 0.29) is 12.3 Å². The van der Waals surface area contributed by atoms with Crippen LogP contribution in [0.1, 0.15) is 18.1 Å². The molecule has 2 aromatic carbocycles. The van der Waals surface area contributed by atoms with Crippen LogP contribution in [0.4, 0.5) is 5.69 Å². The van der Waals surface area contributed by atoms with E-state index in [0.717, 1.165) is 6.42 Å². The van der Waals surface area contributed by atoms with Crippen LogP contribution in [0.25, 0.3) is 0 Å². The molecular weight excluding hydrogens is 258 g/mol. The Hall–Kier alpha value is -2.40. The van der Waals surface area contributed by atoms with Crippen LogP contribution in [0, 0.1) is 10.1 Å². The van der Waals surface area contributed by atoms with Gasteiger partial charge in [-0.05, 0) is 30.2 Å². The van der Waals surface area contributed by atoms with Gasteiger partial charge in [-0.3, -0.25) is 10.1 Å². The predicted molar refractivity (Wildman–Crippen MR) is 74.9 cm³/mol. The van der Waals surface area contributed by atoms with Crippen molar-refractivity contribution in [3.63, 3.8) is 0 Å². The van der Waals surface area contributed by atoms with Gasteiger partial charge < -0.3 is 9.84 Å². The molecule has 20 heavy (non-hydrogen) atoms. The normalized spacial score (nSPS) is 10.3. The number of non-ortho nitro benzene ring substituents is 1. The Kier molecular flexibility index (Phi) is 4.32. The van der Waals surface area contributed by atoms with E-state index in [4.69, 9.17) is 4.74 Å². The van der Waals surface area contributed by atoms with Gasteiger partial charge in [0.25, 0.3) is 5.69 Å². The molecule has 0 aliphatic rings. The monoisotopic (exact) mass is 273 g/mol. The Balaban J connectivity index is 2.25. The minimum atomic E-state index is -0.501. The molecule has 5 nitrogen and oxygen atoms in total. The van der Waals surface area contributed by atoms with Gasteiger partial charge in [-0.1, -0.05) is 19.1 Å². The standard InChI is InChI=1S/C15H15NO4/c1-2-11-3-6-14(7-4-11)20-15-8-5-13(16(18)19)9-12(15)10-17/h3-9,17H,2,10H2,1H3. The number of aliphatic hydroxyl groups is 1. The van der Waals surface area contributed by atoms with Gasteiger partial charge in [0.2, 0.25) is 0 Å². The van der Waals surface area contributed by atoms with Crippen molar-refractivity contribution in [3.05, 3.63) is 63.7 Å². The lowest BCUT2D eigenvalue weighted by Crippen LogP contribution is -1.95. The fourth-order valence-electron chi connectivity index (χ4n) is 1.82. The third-order valence-corrected chi connectivity index (χ3v) is 2.98. The lowest BCUT2D eigenvalue weighted by Gasteiger charge is -2.10. The lowest BCUT2D eigenvalue weighted by molar-refractivity contribution is -0.385. The summed E-state index contributed by atoms with van der Waals surface area (Å²) in [6, 6.07) is 11.8. The second kappa shape index (κ2) is 6.16. The average Bonchev–Trinajstić information content (AvgIpc) is 2.48. The maximum absolute atomic E-state index is 10.7. The zero-order valence-electron chi connectivity index (χ0n) is 11.1. The highest BCUT2D eigenvalue weighted by atomic mass is 16.6. The van der Waals surface area contributed by atoms with Crippen LogP contribution >= 0.6 is 0 Å². The minimum Gasteiger partial charge on any atom is -0.457 e. The molecule has 0 aliphatic heterocycles. The SMILES string of the molecule is CCc1ccc(Oc2ccc([N+](=O)[O-])cc2CO)cc1. The summed E-state index contributed by atoms with van der Waals surface area (Å²) in [6.45, 7) is 1.75. The third-order valence-electron chi connectivity index (χ3n) is 2.98. The number of nitro benzene ring substituents is 1. The van der Waals surface area contributed by atoms with Gasteiger partial charge in [0.15, 0.2) is 0 Å². The quantitative estimate of drug-likeness (QED) is 0.669. The lowest BCUT2D eigenvalue weighted by atomic mass is 10.1. The van der Waals surface area contributed by atoms with Gasteiger partial charge in [-0.15, -0.1) is 0 Å². The van der Waals surface area contributed by atoms with E-state index < -0.39 is 4.92 Å². The van der Waals surface area contributed by atoms with Crippen molar-refractivity contribution in [3.8, 4) is 11.5 Å². The Bertz CT molecular complexity index is 608. The molecule has 0 atom stereocenters. The van der Waals surface area contributed by atoms with Crippen LogP contribution < -0.4 is 4.74 Å². The first-order valence-electron chi connectivity index (χ1n) is 6.29. The molecule has 0 aromatic heterocycles. The molecule has 104 valence electrons. The fourth-order valence-corrected chi connectivity index (χ4v) is 1.82. The Labute approximate surface area is 116 Å². The molecule has 0 radical (unpaired) electrons. The number of ether oxygens (including phenoxy) is 1. The number of nitrogens with zero attached hydrogens (tertiary/aromatic N) is 1. The highest BCUT2D eigenvalue weighted by Crippen LogP contribution is 2.29. The molecule has 0 saturated heterocycles. The van der Waals surface area contributed by atoms with E-state index in [1.807, 2.05) is 24.3 Å². The molecule has 0 bridgehead atoms. The Morgan fingerprint density at radius 3 is 2.45 bits per heavy atom. The molecule has 0 unspecified atom stereocenters. The number of rotatable bonds is 5. The van der Waals surface area contributed by atoms with E-state index in [0.29, 0.717) is 17.1 Å². The number of aryl methyl sites for hydroxylation is 1. The smallest absolute Gasteiger partial charge is 0.270 e. The summed E-state index contributed by atoms with van der Waals surface area (Å²) in [5.41, 5.74) is 1.52. The van der Waals surface area contributed by atoms with Crippen molar-refractivity contribution in [2.45, 2.75) is 20.0 Å². The van der Waals surface area contributed by atoms with Crippen LogP contribution in [0.2, 0.25) is 0 Å². The number of nitro groups is 1. The van der Waals surface area contributed by atoms with Crippen LogP contribution in [-0.4, -0.2) is 10.0 Å². The van der Waals surface area contributed by atoms with Crippen LogP contribution in [-0.2, 0) is 13.0 Å². The molecule has 5 heteroatoms. The number of aliphatic hydroxyl groups excluding tert-OH is 1. The van der Waals surface area contributed by atoms with Gasteiger partial charge in [-0.2, -0.15) is 0 Å². The minimum absolute atomic E-state index is 0.0669. The number of hydrogen-bond acceptors (Lipinski definition) is 4. The third kappa shape index (κ3) is 3.13. The molecular formula is C15H15NO4. The molecule has 0 aliphatic carbocycles. The van der Waals surface area contributed by atoms with Gasteiger partial charge in [-0.25, -0.2) is 0 Å². The van der Waals surface area contributed by atoms with Crippen molar-refractivity contribution < 1.29 is 14.8 Å². The van der Waals surface area contributed by atoms with Crippen molar-refractivity contribution in [2.75, 3.05) is 0 Å². The average molecular weight is 273 g/mol. The van der Waals surface area contributed by atoms with Crippen molar-refractivity contribution in [1.82, 2.24) is 0 Å². The maximum Gasteiger partial charge on any atom is 0.270 e. The highest BCUT2D eigenvalue weighted by Gasteiger charge is 2.11. The molecule has 0 fully saturated rings. The molecule has 2 rings (SSSR count). The van der Waals surface area contributed by atoms with E-state index in [2.05, 4.69) is 6.92 Å². The van der Waals surface area contributed by atoms with Gasteiger partial charge in [0.1, 0.15) is 11.5 Å². The summed E-state index contributed by atoms with van der Waals surface area (Å²) in [6.07, 6.45) is 0.944. The molecule has 0 spiro atoms. The zero-order chi connectivity index (χ0) is 14.5. The van der Waals surface area contributed by atoms with Crippen molar-refractivity contribution in [2.24, 2.45) is 0 Å². The molecule has 0 heterocycles. The summed E-state index contributed by atoms with van der Waals surface area (Å²) in [5.74, 6) is 1.05. The first-order chi connectivity index (χ1) is 9.63. The van der Waals surface area contributed by atoms with Crippen LogP contribution in [0.3, 0.4) is 0 Å². The topological polar surface area (TPSA) is 72.6 Å².